The van der Waals surface area contributed by atoms with Gasteiger partial charge in [0.1, 0.15) is 24.1 Å². The average Bonchev–Trinajstić information content (AvgIpc) is 2.84. The monoisotopic (exact) mass is 271 g/mol. The van der Waals surface area contributed by atoms with Crippen LogP contribution in [0.5, 0.6) is 5.75 Å². The van der Waals surface area contributed by atoms with Crippen LogP contribution < -0.4 is 15.8 Å². The average molecular weight is 271 g/mol. The van der Waals surface area contributed by atoms with Gasteiger partial charge in [-0.05, 0) is 12.1 Å². The van der Waals surface area contributed by atoms with Gasteiger partial charge in [-0.3, -0.25) is 9.48 Å². The molecular weight excluding hydrogens is 258 g/mol. The SMILES string of the molecule is COc1cccc(C#N)c1NC(=O)Cn1cc(N)cn1. The number of carbonyl (C=O) groups excluding carboxylic acids is 1. The number of hydrogen-bond acceptors (Lipinski definition) is 5. The number of ether oxygens (including phenoxy) is 1. The third kappa shape index (κ3) is 2.87. The first-order valence-corrected chi connectivity index (χ1v) is 5.79. The second-order valence-electron chi connectivity index (χ2n) is 4.01. The van der Waals surface area contributed by atoms with Gasteiger partial charge in [0.15, 0.2) is 0 Å². The van der Waals surface area contributed by atoms with E-state index in [0.29, 0.717) is 22.7 Å². The van der Waals surface area contributed by atoms with E-state index in [2.05, 4.69) is 10.4 Å². The summed E-state index contributed by atoms with van der Waals surface area (Å²) < 4.78 is 6.54. The summed E-state index contributed by atoms with van der Waals surface area (Å²) in [5.74, 6) is 0.103. The molecule has 0 radical (unpaired) electrons. The van der Waals surface area contributed by atoms with Crippen molar-refractivity contribution in [3.8, 4) is 11.8 Å². The summed E-state index contributed by atoms with van der Waals surface area (Å²) in [6, 6.07) is 6.96. The number of nitrogens with zero attached hydrogens (tertiary/aromatic N) is 3. The Bertz CT molecular complexity index is 672. The van der Waals surface area contributed by atoms with Gasteiger partial charge >= 0.3 is 0 Å². The van der Waals surface area contributed by atoms with Crippen LogP contribution in [-0.4, -0.2) is 22.8 Å². The zero-order chi connectivity index (χ0) is 14.5. The van der Waals surface area contributed by atoms with Crippen LogP contribution in [0.4, 0.5) is 11.4 Å². The molecule has 0 bridgehead atoms. The molecule has 0 atom stereocenters. The number of methoxy groups -OCH3 is 1. The van der Waals surface area contributed by atoms with Crippen LogP contribution in [0, 0.1) is 11.3 Å². The highest BCUT2D eigenvalue weighted by Gasteiger charge is 2.12. The Morgan fingerprint density at radius 1 is 1.60 bits per heavy atom. The Labute approximate surface area is 115 Å². The normalized spacial score (nSPS) is 9.80. The maximum absolute atomic E-state index is 11.9. The molecule has 0 aliphatic carbocycles. The molecule has 0 saturated heterocycles. The molecule has 2 aromatic rings. The molecule has 1 heterocycles. The van der Waals surface area contributed by atoms with Gasteiger partial charge in [-0.2, -0.15) is 10.4 Å². The quantitative estimate of drug-likeness (QED) is 0.862. The fourth-order valence-electron chi connectivity index (χ4n) is 1.72. The molecule has 1 aromatic carbocycles. The van der Waals surface area contributed by atoms with Gasteiger partial charge in [0.25, 0.3) is 0 Å². The van der Waals surface area contributed by atoms with E-state index in [0.717, 1.165) is 0 Å². The minimum absolute atomic E-state index is 0.000116. The van der Waals surface area contributed by atoms with Crippen molar-refractivity contribution in [1.82, 2.24) is 9.78 Å². The van der Waals surface area contributed by atoms with Crippen LogP contribution in [0.1, 0.15) is 5.56 Å². The van der Waals surface area contributed by atoms with Gasteiger partial charge in [0.2, 0.25) is 5.91 Å². The van der Waals surface area contributed by atoms with Crippen molar-refractivity contribution in [2.75, 3.05) is 18.2 Å². The zero-order valence-corrected chi connectivity index (χ0v) is 10.8. The lowest BCUT2D eigenvalue weighted by Gasteiger charge is -2.11. The standard InChI is InChI=1S/C13H13N5O2/c1-20-11-4-2-3-9(5-14)13(11)17-12(19)8-18-7-10(15)6-16-18/h2-4,6-7H,8,15H2,1H3,(H,17,19). The maximum atomic E-state index is 11.9. The number of nitrogen functional groups attached to an aromatic ring is 1. The zero-order valence-electron chi connectivity index (χ0n) is 10.8. The Balaban J connectivity index is 2.17. The van der Waals surface area contributed by atoms with E-state index in [-0.39, 0.29) is 12.5 Å². The topological polar surface area (TPSA) is 106 Å². The molecule has 0 saturated carbocycles. The minimum Gasteiger partial charge on any atom is -0.495 e. The van der Waals surface area contributed by atoms with Crippen LogP contribution in [0.3, 0.4) is 0 Å². The maximum Gasteiger partial charge on any atom is 0.246 e. The predicted octanol–water partition coefficient (Wildman–Crippen LogP) is 0.984. The van der Waals surface area contributed by atoms with Crippen LogP contribution in [0.15, 0.2) is 30.6 Å². The van der Waals surface area contributed by atoms with E-state index in [1.54, 1.807) is 24.4 Å². The number of nitriles is 1. The molecule has 102 valence electrons. The van der Waals surface area contributed by atoms with E-state index < -0.39 is 0 Å². The van der Waals surface area contributed by atoms with E-state index in [1.165, 1.54) is 18.0 Å². The van der Waals surface area contributed by atoms with Crippen molar-refractivity contribution in [3.63, 3.8) is 0 Å². The summed E-state index contributed by atoms with van der Waals surface area (Å²) >= 11 is 0. The Morgan fingerprint density at radius 3 is 3.00 bits per heavy atom. The number of benzene rings is 1. The Kier molecular flexibility index (Phi) is 3.86. The molecule has 7 heteroatoms. The smallest absolute Gasteiger partial charge is 0.246 e. The number of nitrogens with one attached hydrogen (secondary N) is 1. The van der Waals surface area contributed by atoms with E-state index >= 15 is 0 Å². The van der Waals surface area contributed by atoms with Crippen molar-refractivity contribution in [2.24, 2.45) is 0 Å². The third-order valence-electron chi connectivity index (χ3n) is 2.59. The first-order valence-electron chi connectivity index (χ1n) is 5.79. The predicted molar refractivity (Wildman–Crippen MR) is 73.0 cm³/mol. The van der Waals surface area contributed by atoms with Gasteiger partial charge in [0.05, 0.1) is 24.6 Å². The van der Waals surface area contributed by atoms with Crippen molar-refractivity contribution in [3.05, 3.63) is 36.2 Å². The number of anilines is 2. The lowest BCUT2D eigenvalue weighted by Crippen LogP contribution is -2.20. The fraction of sp³-hybridized carbons (Fsp3) is 0.154. The largest absolute Gasteiger partial charge is 0.495 e. The molecule has 0 fully saturated rings. The minimum atomic E-state index is -0.325. The fourth-order valence-corrected chi connectivity index (χ4v) is 1.72. The molecule has 0 unspecified atom stereocenters. The lowest BCUT2D eigenvalue weighted by molar-refractivity contribution is -0.116. The molecule has 1 amide bonds. The molecule has 3 N–H and O–H groups in total. The summed E-state index contributed by atoms with van der Waals surface area (Å²) in [6.45, 7) is 0.000116. The number of para-hydroxylation sites is 1. The van der Waals surface area contributed by atoms with Gasteiger partial charge in [-0.25, -0.2) is 0 Å². The summed E-state index contributed by atoms with van der Waals surface area (Å²) in [5.41, 5.74) is 6.68. The van der Waals surface area contributed by atoms with Gasteiger partial charge in [-0.1, -0.05) is 6.07 Å². The summed E-state index contributed by atoms with van der Waals surface area (Å²) in [5, 5.41) is 15.6. The first-order chi connectivity index (χ1) is 9.63. The van der Waals surface area contributed by atoms with Crippen molar-refractivity contribution in [1.29, 1.82) is 5.26 Å². The van der Waals surface area contributed by atoms with Crippen LogP contribution >= 0.6 is 0 Å². The molecule has 0 spiro atoms. The third-order valence-corrected chi connectivity index (χ3v) is 2.59. The number of nitrogens with two attached hydrogens (primary N) is 1. The molecular formula is C13H13N5O2. The van der Waals surface area contributed by atoms with Gasteiger partial charge in [0, 0.05) is 6.20 Å². The highest BCUT2D eigenvalue weighted by Crippen LogP contribution is 2.27. The van der Waals surface area contributed by atoms with Crippen LogP contribution in [0.25, 0.3) is 0 Å². The molecule has 2 rings (SSSR count). The highest BCUT2D eigenvalue weighted by atomic mass is 16.5. The van der Waals surface area contributed by atoms with Gasteiger partial charge < -0.3 is 15.8 Å². The van der Waals surface area contributed by atoms with Crippen molar-refractivity contribution >= 4 is 17.3 Å². The molecule has 1 aromatic heterocycles. The molecule has 7 nitrogen and oxygen atoms in total. The van der Waals surface area contributed by atoms with E-state index in [4.69, 9.17) is 15.7 Å². The Hall–Kier alpha value is -3.01. The number of aromatic nitrogens is 2. The number of hydrogen-bond donors (Lipinski definition) is 2. The second kappa shape index (κ2) is 5.75. The van der Waals surface area contributed by atoms with Crippen molar-refractivity contribution < 1.29 is 9.53 Å². The van der Waals surface area contributed by atoms with Gasteiger partial charge in [-0.15, -0.1) is 0 Å². The molecule has 0 aliphatic rings. The second-order valence-corrected chi connectivity index (χ2v) is 4.01. The summed E-state index contributed by atoms with van der Waals surface area (Å²) in [4.78, 5) is 11.9. The number of rotatable bonds is 4. The number of amides is 1. The Morgan fingerprint density at radius 2 is 2.40 bits per heavy atom. The first kappa shape index (κ1) is 13.4. The summed E-state index contributed by atoms with van der Waals surface area (Å²) in [7, 11) is 1.47. The van der Waals surface area contributed by atoms with Crippen LogP contribution in [0.2, 0.25) is 0 Å². The van der Waals surface area contributed by atoms with Crippen LogP contribution in [-0.2, 0) is 11.3 Å². The van der Waals surface area contributed by atoms with E-state index in [1.807, 2.05) is 6.07 Å². The molecule has 20 heavy (non-hydrogen) atoms. The summed E-state index contributed by atoms with van der Waals surface area (Å²) in [6.07, 6.45) is 3.00. The van der Waals surface area contributed by atoms with E-state index in [9.17, 15) is 4.79 Å². The molecule has 0 aliphatic heterocycles. The highest BCUT2D eigenvalue weighted by molar-refractivity contribution is 5.93. The number of carbonyl (C=O) groups is 1. The lowest BCUT2D eigenvalue weighted by atomic mass is 10.2. The van der Waals surface area contributed by atoms with Crippen molar-refractivity contribution in [2.45, 2.75) is 6.54 Å².